The van der Waals surface area contributed by atoms with Gasteiger partial charge in [0.1, 0.15) is 13.2 Å². The van der Waals surface area contributed by atoms with Crippen molar-refractivity contribution in [2.24, 2.45) is 0 Å². The smallest absolute Gasteiger partial charge is 0.145 e. The van der Waals surface area contributed by atoms with Crippen LogP contribution >= 0.6 is 0 Å². The van der Waals surface area contributed by atoms with E-state index in [1.165, 1.54) is 74.1 Å². The second-order valence-electron chi connectivity index (χ2n) is 6.89. The van der Waals surface area contributed by atoms with Crippen molar-refractivity contribution in [2.75, 3.05) is 13.2 Å². The van der Waals surface area contributed by atoms with Crippen LogP contribution in [0.5, 0.6) is 0 Å². The van der Waals surface area contributed by atoms with Crippen LogP contribution in [0.1, 0.15) is 70.3 Å². The van der Waals surface area contributed by atoms with Gasteiger partial charge in [0.05, 0.1) is 0 Å². The Kier molecular flexibility index (Phi) is 12.5. The molecule has 0 aliphatic carbocycles. The van der Waals surface area contributed by atoms with Gasteiger partial charge < -0.3 is 17.1 Å². The van der Waals surface area contributed by atoms with Gasteiger partial charge in [0.2, 0.25) is 0 Å². The lowest BCUT2D eigenvalue weighted by molar-refractivity contribution is -0.0406. The maximum Gasteiger partial charge on any atom is 0.145 e. The lowest BCUT2D eigenvalue weighted by Crippen LogP contribution is -3.00. The van der Waals surface area contributed by atoms with Crippen molar-refractivity contribution in [3.8, 4) is 0 Å². The molecule has 0 fully saturated rings. The van der Waals surface area contributed by atoms with E-state index in [2.05, 4.69) is 49.4 Å². The first-order chi connectivity index (χ1) is 11.9. The quantitative estimate of drug-likeness (QED) is 0.382. The molecule has 2 aromatic rings. The molecule has 0 atom stereocenters. The van der Waals surface area contributed by atoms with E-state index in [-0.39, 0.29) is 12.4 Å². The molecule has 2 rings (SSSR count). The summed E-state index contributed by atoms with van der Waals surface area (Å²) in [4.78, 5) is 0. The second kappa shape index (κ2) is 14.2. The van der Waals surface area contributed by atoms with Gasteiger partial charge in [0.25, 0.3) is 0 Å². The van der Waals surface area contributed by atoms with Crippen LogP contribution in [0.3, 0.4) is 0 Å². The number of aliphatic hydroxyl groups is 2. The molecule has 0 bridgehead atoms. The number of hydrogen-bond donors (Lipinski definition) is 0. The first-order valence-corrected chi connectivity index (χ1v) is 10.0. The summed E-state index contributed by atoms with van der Waals surface area (Å²) in [6, 6.07) is 15.3. The Bertz CT molecular complexity index is 562. The van der Waals surface area contributed by atoms with Gasteiger partial charge in [0, 0.05) is 12.8 Å². The molecule has 0 heterocycles. The topological polar surface area (TPSA) is 12.8 Å². The molecule has 2 aromatic carbocycles. The Morgan fingerprint density at radius 1 is 0.680 bits per heavy atom. The SMILES string of the molecule is CCCCCCCCCC[OH+]CCCc1cccc2ccccc12.[Cl-]. The maximum absolute atomic E-state index is 4.71. The monoisotopic (exact) mass is 362 g/mol. The zero-order valence-corrected chi connectivity index (χ0v) is 16.6. The number of aryl methyl sites for hydroxylation is 1. The third-order valence-corrected chi connectivity index (χ3v) is 4.81. The Hall–Kier alpha value is -1.05. The molecule has 0 saturated heterocycles. The van der Waals surface area contributed by atoms with E-state index in [1.807, 2.05) is 0 Å². The average Bonchev–Trinajstić information content (AvgIpc) is 2.63. The lowest BCUT2D eigenvalue weighted by atomic mass is 10.0. The van der Waals surface area contributed by atoms with E-state index in [0.717, 1.165) is 19.6 Å². The summed E-state index contributed by atoms with van der Waals surface area (Å²) in [6.45, 7) is 4.35. The summed E-state index contributed by atoms with van der Waals surface area (Å²) in [6.07, 6.45) is 13.4. The molecule has 1 N–H and O–H groups in total. The summed E-state index contributed by atoms with van der Waals surface area (Å²) in [5.41, 5.74) is 1.47. The van der Waals surface area contributed by atoms with E-state index in [1.54, 1.807) is 0 Å². The van der Waals surface area contributed by atoms with Gasteiger partial charge in [-0.1, -0.05) is 87.9 Å². The highest BCUT2D eigenvalue weighted by Crippen LogP contribution is 2.19. The number of hydrogen-bond acceptors (Lipinski definition) is 0. The van der Waals surface area contributed by atoms with Crippen molar-refractivity contribution in [1.29, 1.82) is 0 Å². The summed E-state index contributed by atoms with van der Waals surface area (Å²) >= 11 is 0. The van der Waals surface area contributed by atoms with Crippen molar-refractivity contribution >= 4 is 10.8 Å². The third-order valence-electron chi connectivity index (χ3n) is 4.81. The van der Waals surface area contributed by atoms with Gasteiger partial charge in [-0.2, -0.15) is 0 Å². The van der Waals surface area contributed by atoms with E-state index < -0.39 is 0 Å². The summed E-state index contributed by atoms with van der Waals surface area (Å²) in [7, 11) is 0. The number of unbranched alkanes of at least 4 members (excludes halogenated alkanes) is 7. The Morgan fingerprint density at radius 3 is 2.12 bits per heavy atom. The van der Waals surface area contributed by atoms with Gasteiger partial charge in [-0.05, 0) is 29.2 Å². The molecule has 1 nitrogen and oxygen atoms in total. The van der Waals surface area contributed by atoms with Gasteiger partial charge in [-0.15, -0.1) is 0 Å². The van der Waals surface area contributed by atoms with Crippen LogP contribution in [0.15, 0.2) is 42.5 Å². The van der Waals surface area contributed by atoms with E-state index in [0.29, 0.717) is 0 Å². The molecule has 0 spiro atoms. The molecular weight excluding hydrogens is 328 g/mol. The van der Waals surface area contributed by atoms with Crippen LogP contribution in [0.25, 0.3) is 10.8 Å². The highest BCUT2D eigenvalue weighted by atomic mass is 35.5. The number of fused-ring (bicyclic) bond motifs is 1. The van der Waals surface area contributed by atoms with Crippen LogP contribution in [0.2, 0.25) is 0 Å². The molecule has 0 amide bonds. The largest absolute Gasteiger partial charge is 1.00 e. The molecule has 25 heavy (non-hydrogen) atoms. The van der Waals surface area contributed by atoms with Crippen molar-refractivity contribution in [3.05, 3.63) is 48.0 Å². The van der Waals surface area contributed by atoms with Crippen LogP contribution in [-0.4, -0.2) is 18.0 Å². The predicted molar refractivity (Wildman–Crippen MR) is 107 cm³/mol. The minimum atomic E-state index is 0. The molecule has 2 heteroatoms. The molecule has 140 valence electrons. The van der Waals surface area contributed by atoms with E-state index in [9.17, 15) is 0 Å². The summed E-state index contributed by atoms with van der Waals surface area (Å²) < 4.78 is 4.71. The first kappa shape index (κ1) is 22.0. The fourth-order valence-corrected chi connectivity index (χ4v) is 3.36. The molecule has 0 radical (unpaired) electrons. The average molecular weight is 363 g/mol. The fraction of sp³-hybridized carbons (Fsp3) is 0.565. The highest BCUT2D eigenvalue weighted by Gasteiger charge is 2.01. The molecular formula is C23H35ClO. The normalized spacial score (nSPS) is 10.8. The third kappa shape index (κ3) is 8.74. The molecule has 0 unspecified atom stereocenters. The predicted octanol–water partition coefficient (Wildman–Crippen LogP) is 3.45. The number of benzene rings is 2. The first-order valence-electron chi connectivity index (χ1n) is 10.0. The number of ether oxygens (including phenoxy) is 1. The van der Waals surface area contributed by atoms with Gasteiger partial charge >= 0.3 is 0 Å². The van der Waals surface area contributed by atoms with Crippen LogP contribution in [-0.2, 0) is 6.42 Å². The van der Waals surface area contributed by atoms with E-state index >= 15 is 0 Å². The van der Waals surface area contributed by atoms with Crippen LogP contribution in [0.4, 0.5) is 0 Å². The zero-order chi connectivity index (χ0) is 16.9. The Labute approximate surface area is 160 Å². The van der Waals surface area contributed by atoms with Crippen molar-refractivity contribution in [2.45, 2.75) is 71.1 Å². The van der Waals surface area contributed by atoms with Gasteiger partial charge in [-0.25, -0.2) is 0 Å². The Balaban J connectivity index is 0.00000312. The van der Waals surface area contributed by atoms with Crippen molar-refractivity contribution in [1.82, 2.24) is 0 Å². The van der Waals surface area contributed by atoms with Crippen LogP contribution in [0, 0.1) is 0 Å². The van der Waals surface area contributed by atoms with Crippen molar-refractivity contribution in [3.63, 3.8) is 0 Å². The molecule has 0 aliphatic heterocycles. The zero-order valence-electron chi connectivity index (χ0n) is 15.9. The second-order valence-corrected chi connectivity index (χ2v) is 6.89. The molecule has 0 saturated carbocycles. The fourth-order valence-electron chi connectivity index (χ4n) is 3.36. The van der Waals surface area contributed by atoms with Crippen LogP contribution < -0.4 is 12.4 Å². The maximum atomic E-state index is 4.71. The summed E-state index contributed by atoms with van der Waals surface area (Å²) in [5, 5.41) is 2.76. The van der Waals surface area contributed by atoms with E-state index in [4.69, 9.17) is 4.74 Å². The van der Waals surface area contributed by atoms with Gasteiger partial charge in [0.15, 0.2) is 0 Å². The lowest BCUT2D eigenvalue weighted by Gasteiger charge is -2.06. The Morgan fingerprint density at radius 2 is 1.32 bits per heavy atom. The standard InChI is InChI=1S/C23H34O.ClH/c1-2-3-4-5-6-7-8-11-19-24-20-13-17-22-16-12-15-21-14-9-10-18-23(21)22;/h9-10,12,14-16,18H,2-8,11,13,17,19-20H2,1H3;1H. The molecule has 0 aromatic heterocycles. The minimum absolute atomic E-state index is 0. The number of halogens is 1. The minimum Gasteiger partial charge on any atom is -1.00 e. The number of rotatable bonds is 13. The molecule has 0 aliphatic rings. The summed E-state index contributed by atoms with van der Waals surface area (Å²) in [5.74, 6) is 0. The van der Waals surface area contributed by atoms with Gasteiger partial charge in [-0.3, -0.25) is 0 Å². The van der Waals surface area contributed by atoms with Crippen molar-refractivity contribution < 1.29 is 17.1 Å². The highest BCUT2D eigenvalue weighted by molar-refractivity contribution is 5.85.